The second-order valence-corrected chi connectivity index (χ2v) is 4.21. The minimum atomic E-state index is 0.481. The summed E-state index contributed by atoms with van der Waals surface area (Å²) < 4.78 is 0. The van der Waals surface area contributed by atoms with E-state index in [-0.39, 0.29) is 0 Å². The van der Waals surface area contributed by atoms with Crippen LogP contribution < -0.4 is 5.73 Å². The van der Waals surface area contributed by atoms with Crippen LogP contribution in [-0.4, -0.2) is 9.97 Å². The maximum Gasteiger partial charge on any atom is 0.133 e. The Bertz CT molecular complexity index is 537. The van der Waals surface area contributed by atoms with Crippen molar-refractivity contribution in [3.05, 3.63) is 28.9 Å². The van der Waals surface area contributed by atoms with E-state index in [1.807, 2.05) is 19.1 Å². The molecule has 0 spiro atoms. The summed E-state index contributed by atoms with van der Waals surface area (Å²) in [6.45, 7) is 1.95. The Morgan fingerprint density at radius 2 is 2.33 bits per heavy atom. The quantitative estimate of drug-likeness (QED) is 0.741. The summed E-state index contributed by atoms with van der Waals surface area (Å²) in [5.41, 5.74) is 7.28. The zero-order valence-corrected chi connectivity index (χ0v) is 9.01. The van der Waals surface area contributed by atoms with E-state index < -0.39 is 0 Å². The van der Waals surface area contributed by atoms with Crippen LogP contribution in [0.5, 0.6) is 0 Å². The SMILES string of the molecule is C#Cc1nc(-c2cccnc2N)sc1C. The van der Waals surface area contributed by atoms with Crippen molar-refractivity contribution in [3.8, 4) is 22.9 Å². The molecule has 0 bridgehead atoms. The number of anilines is 1. The number of aryl methyl sites for hydroxylation is 1. The van der Waals surface area contributed by atoms with Crippen molar-refractivity contribution in [1.82, 2.24) is 9.97 Å². The van der Waals surface area contributed by atoms with Crippen LogP contribution in [0.3, 0.4) is 0 Å². The van der Waals surface area contributed by atoms with E-state index in [1.54, 1.807) is 6.20 Å². The molecule has 2 aromatic heterocycles. The Labute approximate surface area is 92.0 Å². The lowest BCUT2D eigenvalue weighted by atomic mass is 10.3. The standard InChI is InChI=1S/C11H9N3S/c1-3-9-7(2)15-11(14-9)8-5-4-6-13-10(8)12/h1,4-6H,2H3,(H2,12,13). The topological polar surface area (TPSA) is 51.8 Å². The van der Waals surface area contributed by atoms with Gasteiger partial charge in [0.15, 0.2) is 0 Å². The molecule has 0 aliphatic rings. The van der Waals surface area contributed by atoms with Crippen molar-refractivity contribution >= 4 is 17.2 Å². The van der Waals surface area contributed by atoms with E-state index in [9.17, 15) is 0 Å². The molecule has 2 heterocycles. The molecule has 0 aliphatic carbocycles. The van der Waals surface area contributed by atoms with Crippen LogP contribution in [0, 0.1) is 19.3 Å². The van der Waals surface area contributed by atoms with Gasteiger partial charge in [-0.3, -0.25) is 0 Å². The second-order valence-electron chi connectivity index (χ2n) is 3.00. The van der Waals surface area contributed by atoms with Gasteiger partial charge in [0.2, 0.25) is 0 Å². The fourth-order valence-corrected chi connectivity index (χ4v) is 2.15. The average Bonchev–Trinajstić information content (AvgIpc) is 2.60. The lowest BCUT2D eigenvalue weighted by molar-refractivity contribution is 1.30. The van der Waals surface area contributed by atoms with E-state index >= 15 is 0 Å². The lowest BCUT2D eigenvalue weighted by Crippen LogP contribution is -1.92. The van der Waals surface area contributed by atoms with Crippen molar-refractivity contribution in [2.75, 3.05) is 5.73 Å². The van der Waals surface area contributed by atoms with Gasteiger partial charge in [0.25, 0.3) is 0 Å². The van der Waals surface area contributed by atoms with E-state index in [1.165, 1.54) is 11.3 Å². The first-order chi connectivity index (χ1) is 7.22. The number of aromatic nitrogens is 2. The number of rotatable bonds is 1. The molecule has 2 N–H and O–H groups in total. The average molecular weight is 215 g/mol. The molecular weight excluding hydrogens is 206 g/mol. The molecular formula is C11H9N3S. The predicted octanol–water partition coefficient (Wildman–Crippen LogP) is 2.08. The molecule has 15 heavy (non-hydrogen) atoms. The van der Waals surface area contributed by atoms with Gasteiger partial charge in [-0.05, 0) is 25.0 Å². The number of terminal acetylenes is 1. The van der Waals surface area contributed by atoms with Gasteiger partial charge in [0.05, 0.1) is 5.56 Å². The highest BCUT2D eigenvalue weighted by atomic mass is 32.1. The number of nitrogens with two attached hydrogens (primary N) is 1. The van der Waals surface area contributed by atoms with Gasteiger partial charge in [-0.2, -0.15) is 0 Å². The molecule has 4 heteroatoms. The van der Waals surface area contributed by atoms with Crippen molar-refractivity contribution in [2.45, 2.75) is 6.92 Å². The fourth-order valence-electron chi connectivity index (χ4n) is 1.24. The molecule has 0 unspecified atom stereocenters. The molecule has 74 valence electrons. The molecule has 2 aromatic rings. The number of pyridine rings is 1. The highest BCUT2D eigenvalue weighted by Crippen LogP contribution is 2.29. The van der Waals surface area contributed by atoms with Gasteiger partial charge in [-0.1, -0.05) is 0 Å². The first-order valence-corrected chi connectivity index (χ1v) is 5.19. The number of hydrogen-bond donors (Lipinski definition) is 1. The third kappa shape index (κ3) is 1.69. The summed E-state index contributed by atoms with van der Waals surface area (Å²) in [5, 5.41) is 0.825. The summed E-state index contributed by atoms with van der Waals surface area (Å²) in [7, 11) is 0. The summed E-state index contributed by atoms with van der Waals surface area (Å²) in [4.78, 5) is 9.36. The summed E-state index contributed by atoms with van der Waals surface area (Å²) >= 11 is 1.53. The minimum Gasteiger partial charge on any atom is -0.383 e. The van der Waals surface area contributed by atoms with Crippen LogP contribution in [0.1, 0.15) is 10.6 Å². The van der Waals surface area contributed by atoms with E-state index in [0.29, 0.717) is 11.5 Å². The Hall–Kier alpha value is -1.86. The largest absolute Gasteiger partial charge is 0.383 e. The number of hydrogen-bond acceptors (Lipinski definition) is 4. The first kappa shape index (κ1) is 9.69. The Balaban J connectivity index is 2.56. The highest BCUT2D eigenvalue weighted by Gasteiger charge is 2.10. The van der Waals surface area contributed by atoms with E-state index in [0.717, 1.165) is 15.4 Å². The van der Waals surface area contributed by atoms with Gasteiger partial charge in [-0.25, -0.2) is 9.97 Å². The number of thiazole rings is 1. The van der Waals surface area contributed by atoms with Gasteiger partial charge >= 0.3 is 0 Å². The lowest BCUT2D eigenvalue weighted by Gasteiger charge is -1.98. The maximum atomic E-state index is 5.76. The molecule has 0 saturated heterocycles. The minimum absolute atomic E-state index is 0.481. The molecule has 0 saturated carbocycles. The highest BCUT2D eigenvalue weighted by molar-refractivity contribution is 7.15. The van der Waals surface area contributed by atoms with Crippen molar-refractivity contribution < 1.29 is 0 Å². The van der Waals surface area contributed by atoms with Gasteiger partial charge in [0, 0.05) is 11.1 Å². The molecule has 0 radical (unpaired) electrons. The second kappa shape index (κ2) is 3.71. The maximum absolute atomic E-state index is 5.76. The monoisotopic (exact) mass is 215 g/mol. The van der Waals surface area contributed by atoms with Crippen LogP contribution in [0.4, 0.5) is 5.82 Å². The molecule has 0 aromatic carbocycles. The zero-order chi connectivity index (χ0) is 10.8. The van der Waals surface area contributed by atoms with Crippen molar-refractivity contribution in [2.24, 2.45) is 0 Å². The first-order valence-electron chi connectivity index (χ1n) is 4.37. The van der Waals surface area contributed by atoms with Crippen LogP contribution in [0.2, 0.25) is 0 Å². The van der Waals surface area contributed by atoms with Gasteiger partial charge in [0.1, 0.15) is 16.5 Å². The van der Waals surface area contributed by atoms with Crippen LogP contribution in [0.25, 0.3) is 10.6 Å². The third-order valence-electron chi connectivity index (χ3n) is 2.00. The normalized spacial score (nSPS) is 9.87. The summed E-state index contributed by atoms with van der Waals surface area (Å²) in [6, 6.07) is 3.72. The molecule has 2 rings (SSSR count). The Morgan fingerprint density at radius 3 is 2.93 bits per heavy atom. The Kier molecular flexibility index (Phi) is 2.40. The zero-order valence-electron chi connectivity index (χ0n) is 8.19. The summed E-state index contributed by atoms with van der Waals surface area (Å²) in [6.07, 6.45) is 6.98. The van der Waals surface area contributed by atoms with Crippen molar-refractivity contribution in [3.63, 3.8) is 0 Å². The molecule has 0 fully saturated rings. The fraction of sp³-hybridized carbons (Fsp3) is 0.0909. The molecule has 3 nitrogen and oxygen atoms in total. The molecule has 0 atom stereocenters. The van der Waals surface area contributed by atoms with Crippen molar-refractivity contribution in [1.29, 1.82) is 0 Å². The molecule has 0 aliphatic heterocycles. The van der Waals surface area contributed by atoms with E-state index in [2.05, 4.69) is 15.9 Å². The van der Waals surface area contributed by atoms with Crippen LogP contribution in [-0.2, 0) is 0 Å². The number of nitrogens with zero attached hydrogens (tertiary/aromatic N) is 2. The molecule has 0 amide bonds. The van der Waals surface area contributed by atoms with Gasteiger partial charge < -0.3 is 5.73 Å². The number of nitrogen functional groups attached to an aromatic ring is 1. The van der Waals surface area contributed by atoms with E-state index in [4.69, 9.17) is 12.2 Å². The third-order valence-corrected chi connectivity index (χ3v) is 3.01. The Morgan fingerprint density at radius 1 is 1.53 bits per heavy atom. The summed E-state index contributed by atoms with van der Waals surface area (Å²) in [5.74, 6) is 3.02. The smallest absolute Gasteiger partial charge is 0.133 e. The van der Waals surface area contributed by atoms with Crippen LogP contribution in [0.15, 0.2) is 18.3 Å². The van der Waals surface area contributed by atoms with Gasteiger partial charge in [-0.15, -0.1) is 17.8 Å². The predicted molar refractivity (Wildman–Crippen MR) is 62.4 cm³/mol. The van der Waals surface area contributed by atoms with Crippen LogP contribution >= 0.6 is 11.3 Å².